The molecular formula is C17H12N4O2. The van der Waals surface area contributed by atoms with Gasteiger partial charge in [0, 0.05) is 5.56 Å². The third-order valence-electron chi connectivity index (χ3n) is 3.79. The molecule has 2 aromatic heterocycles. The Morgan fingerprint density at radius 1 is 1.09 bits per heavy atom. The molecule has 23 heavy (non-hydrogen) atoms. The van der Waals surface area contributed by atoms with Crippen LogP contribution in [0.4, 0.5) is 0 Å². The van der Waals surface area contributed by atoms with Crippen LogP contribution in [0, 0.1) is 6.92 Å². The average Bonchev–Trinajstić information content (AvgIpc) is 3.01. The van der Waals surface area contributed by atoms with Gasteiger partial charge in [-0.25, -0.2) is 4.52 Å². The number of aromatic amines is 1. The minimum atomic E-state index is -0.385. The summed E-state index contributed by atoms with van der Waals surface area (Å²) in [6, 6.07) is 14.4. The molecule has 0 bridgehead atoms. The Kier molecular flexibility index (Phi) is 2.84. The van der Waals surface area contributed by atoms with Crippen LogP contribution >= 0.6 is 0 Å². The number of carbonyl (C=O) groups excluding carboxylic acids is 1. The molecule has 2 heterocycles. The molecule has 6 heteroatoms. The molecule has 2 aromatic carbocycles. The lowest BCUT2D eigenvalue weighted by Gasteiger charge is -2.01. The van der Waals surface area contributed by atoms with E-state index < -0.39 is 0 Å². The van der Waals surface area contributed by atoms with Gasteiger partial charge >= 0.3 is 0 Å². The summed E-state index contributed by atoms with van der Waals surface area (Å²) in [5, 5.41) is 7.95. The number of benzene rings is 2. The second kappa shape index (κ2) is 4.88. The van der Waals surface area contributed by atoms with Crippen molar-refractivity contribution in [3.05, 3.63) is 75.7 Å². The summed E-state index contributed by atoms with van der Waals surface area (Å²) in [5.74, 6) is -0.319. The fourth-order valence-corrected chi connectivity index (χ4v) is 2.59. The van der Waals surface area contributed by atoms with Crippen LogP contribution in [-0.4, -0.2) is 25.6 Å². The Balaban J connectivity index is 1.98. The highest BCUT2D eigenvalue weighted by Crippen LogP contribution is 2.15. The monoisotopic (exact) mass is 304 g/mol. The Morgan fingerprint density at radius 3 is 2.61 bits per heavy atom. The van der Waals surface area contributed by atoms with Crippen LogP contribution in [0.1, 0.15) is 21.6 Å². The van der Waals surface area contributed by atoms with Crippen LogP contribution < -0.4 is 5.56 Å². The van der Waals surface area contributed by atoms with Crippen molar-refractivity contribution in [1.29, 1.82) is 0 Å². The summed E-state index contributed by atoms with van der Waals surface area (Å²) in [6.07, 6.45) is 0. The first-order chi connectivity index (χ1) is 11.1. The van der Waals surface area contributed by atoms with Crippen molar-refractivity contribution in [3.8, 4) is 0 Å². The Hall–Kier alpha value is -3.28. The molecule has 0 unspecified atom stereocenters. The lowest BCUT2D eigenvalue weighted by atomic mass is 10.1. The molecule has 4 rings (SSSR count). The Labute approximate surface area is 130 Å². The van der Waals surface area contributed by atoms with Crippen LogP contribution in [0.2, 0.25) is 0 Å². The molecule has 0 saturated heterocycles. The highest BCUT2D eigenvalue weighted by Gasteiger charge is 2.20. The van der Waals surface area contributed by atoms with Crippen LogP contribution in [0.3, 0.4) is 0 Å². The van der Waals surface area contributed by atoms with E-state index in [4.69, 9.17) is 0 Å². The van der Waals surface area contributed by atoms with Gasteiger partial charge in [-0.2, -0.15) is 0 Å². The first-order valence-electron chi connectivity index (χ1n) is 7.13. The molecule has 0 aliphatic rings. The van der Waals surface area contributed by atoms with Gasteiger partial charge < -0.3 is 4.98 Å². The van der Waals surface area contributed by atoms with Gasteiger partial charge in [-0.05, 0) is 19.1 Å². The standard InChI is InChI=1S/C17H12N4O2/c1-10-6-8-11(9-7-10)16(22)14-15-17(23)18-12-4-2-3-5-13(12)21(15)20-19-14/h2-9H,1H3,(H,18,23). The molecule has 0 saturated carbocycles. The number of nitrogens with one attached hydrogen (secondary N) is 1. The first-order valence-corrected chi connectivity index (χ1v) is 7.13. The molecule has 4 aromatic rings. The van der Waals surface area contributed by atoms with Gasteiger partial charge in [0.05, 0.1) is 11.0 Å². The number of H-pyrrole nitrogens is 1. The van der Waals surface area contributed by atoms with E-state index in [1.54, 1.807) is 18.2 Å². The normalized spacial score (nSPS) is 11.2. The summed E-state index contributed by atoms with van der Waals surface area (Å²) in [4.78, 5) is 27.8. The topological polar surface area (TPSA) is 80.1 Å². The minimum absolute atomic E-state index is 0.0563. The number of hydrogen-bond acceptors (Lipinski definition) is 4. The zero-order chi connectivity index (χ0) is 16.0. The lowest BCUT2D eigenvalue weighted by molar-refractivity contribution is 0.103. The average molecular weight is 304 g/mol. The third kappa shape index (κ3) is 2.03. The summed E-state index contributed by atoms with van der Waals surface area (Å²) in [5.41, 5.74) is 2.70. The van der Waals surface area contributed by atoms with Gasteiger partial charge in [-0.15, -0.1) is 5.10 Å². The molecule has 0 radical (unpaired) electrons. The van der Waals surface area contributed by atoms with Crippen molar-refractivity contribution >= 4 is 22.3 Å². The van der Waals surface area contributed by atoms with E-state index in [1.165, 1.54) is 4.52 Å². The summed E-state index contributed by atoms with van der Waals surface area (Å²) in [7, 11) is 0. The van der Waals surface area contributed by atoms with Gasteiger partial charge in [0.25, 0.3) is 5.56 Å². The van der Waals surface area contributed by atoms with E-state index in [0.717, 1.165) is 5.56 Å². The number of ketones is 1. The second-order valence-electron chi connectivity index (χ2n) is 5.36. The zero-order valence-electron chi connectivity index (χ0n) is 12.3. The van der Waals surface area contributed by atoms with E-state index in [-0.39, 0.29) is 22.6 Å². The van der Waals surface area contributed by atoms with Crippen molar-refractivity contribution in [1.82, 2.24) is 19.8 Å². The number of aromatic nitrogens is 4. The fraction of sp³-hybridized carbons (Fsp3) is 0.0588. The number of hydrogen-bond donors (Lipinski definition) is 1. The molecule has 0 fully saturated rings. The summed E-state index contributed by atoms with van der Waals surface area (Å²) >= 11 is 0. The lowest BCUT2D eigenvalue weighted by Crippen LogP contribution is -2.14. The highest BCUT2D eigenvalue weighted by molar-refractivity contribution is 6.11. The molecule has 112 valence electrons. The fourth-order valence-electron chi connectivity index (χ4n) is 2.59. The van der Waals surface area contributed by atoms with E-state index >= 15 is 0 Å². The number of fused-ring (bicyclic) bond motifs is 3. The van der Waals surface area contributed by atoms with Crippen LogP contribution in [-0.2, 0) is 0 Å². The molecule has 0 aliphatic heterocycles. The third-order valence-corrected chi connectivity index (χ3v) is 3.79. The van der Waals surface area contributed by atoms with Crippen LogP contribution in [0.5, 0.6) is 0 Å². The zero-order valence-corrected chi connectivity index (χ0v) is 12.3. The SMILES string of the molecule is Cc1ccc(C(=O)c2nnn3c2c(=O)[nH]c2ccccc23)cc1. The predicted molar refractivity (Wildman–Crippen MR) is 85.7 cm³/mol. The van der Waals surface area contributed by atoms with Crippen molar-refractivity contribution in [2.75, 3.05) is 0 Å². The molecular weight excluding hydrogens is 292 g/mol. The van der Waals surface area contributed by atoms with Crippen molar-refractivity contribution < 1.29 is 4.79 Å². The molecule has 0 aliphatic carbocycles. The Bertz CT molecular complexity index is 1110. The number of carbonyl (C=O) groups is 1. The largest absolute Gasteiger partial charge is 0.319 e. The Morgan fingerprint density at radius 2 is 1.83 bits per heavy atom. The first kappa shape index (κ1) is 13.4. The van der Waals surface area contributed by atoms with Crippen molar-refractivity contribution in [2.45, 2.75) is 6.92 Å². The highest BCUT2D eigenvalue weighted by atomic mass is 16.1. The smallest absolute Gasteiger partial charge is 0.276 e. The van der Waals surface area contributed by atoms with E-state index in [0.29, 0.717) is 16.6 Å². The number of para-hydroxylation sites is 2. The maximum Gasteiger partial charge on any atom is 0.276 e. The molecule has 1 N–H and O–H groups in total. The number of aryl methyl sites for hydroxylation is 1. The summed E-state index contributed by atoms with van der Waals surface area (Å²) in [6.45, 7) is 1.94. The maximum absolute atomic E-state index is 12.7. The van der Waals surface area contributed by atoms with Crippen LogP contribution in [0.25, 0.3) is 16.6 Å². The van der Waals surface area contributed by atoms with E-state index in [2.05, 4.69) is 15.3 Å². The molecule has 0 amide bonds. The van der Waals surface area contributed by atoms with Crippen molar-refractivity contribution in [2.24, 2.45) is 0 Å². The van der Waals surface area contributed by atoms with Crippen LogP contribution in [0.15, 0.2) is 53.3 Å². The molecule has 0 atom stereocenters. The number of nitrogens with zero attached hydrogens (tertiary/aromatic N) is 3. The molecule has 6 nitrogen and oxygen atoms in total. The predicted octanol–water partition coefficient (Wildman–Crippen LogP) is 2.11. The van der Waals surface area contributed by atoms with E-state index in [9.17, 15) is 9.59 Å². The molecule has 0 spiro atoms. The quantitative estimate of drug-likeness (QED) is 0.575. The van der Waals surface area contributed by atoms with E-state index in [1.807, 2.05) is 37.3 Å². The van der Waals surface area contributed by atoms with Gasteiger partial charge in [-0.3, -0.25) is 9.59 Å². The van der Waals surface area contributed by atoms with Crippen molar-refractivity contribution in [3.63, 3.8) is 0 Å². The van der Waals surface area contributed by atoms with Gasteiger partial charge in [0.2, 0.25) is 5.78 Å². The van der Waals surface area contributed by atoms with Gasteiger partial charge in [0.15, 0.2) is 11.2 Å². The summed E-state index contributed by atoms with van der Waals surface area (Å²) < 4.78 is 1.41. The number of rotatable bonds is 2. The van der Waals surface area contributed by atoms with Gasteiger partial charge in [0.1, 0.15) is 0 Å². The van der Waals surface area contributed by atoms with Gasteiger partial charge in [-0.1, -0.05) is 47.2 Å². The second-order valence-corrected chi connectivity index (χ2v) is 5.36. The maximum atomic E-state index is 12.7. The minimum Gasteiger partial charge on any atom is -0.319 e.